The first-order chi connectivity index (χ1) is 14.5. The van der Waals surface area contributed by atoms with Gasteiger partial charge in [0.1, 0.15) is 5.75 Å². The number of benzene rings is 2. The number of nitrogens with two attached hydrogens (primary N) is 1. The molecule has 0 atom stereocenters. The summed E-state index contributed by atoms with van der Waals surface area (Å²) >= 11 is 0. The third-order valence-corrected chi connectivity index (χ3v) is 5.34. The molecule has 30 heavy (non-hydrogen) atoms. The van der Waals surface area contributed by atoms with Gasteiger partial charge >= 0.3 is 6.18 Å². The van der Waals surface area contributed by atoms with Gasteiger partial charge in [0.2, 0.25) is 0 Å². The Balaban J connectivity index is 2.06. The molecule has 7 heteroatoms. The van der Waals surface area contributed by atoms with Crippen LogP contribution in [0.2, 0.25) is 0 Å². The average molecular weight is 413 g/mol. The van der Waals surface area contributed by atoms with E-state index >= 15 is 0 Å². The maximum Gasteiger partial charge on any atom is 0.418 e. The number of nitrogens with zero attached hydrogens (tertiary/aromatic N) is 1. The molecule has 0 aliphatic rings. The fraction of sp³-hybridized carbons (Fsp3) is 0.261. The van der Waals surface area contributed by atoms with Gasteiger partial charge in [0.05, 0.1) is 29.4 Å². The van der Waals surface area contributed by atoms with Gasteiger partial charge in [0, 0.05) is 22.5 Å². The molecule has 2 aromatic carbocycles. The summed E-state index contributed by atoms with van der Waals surface area (Å²) in [5.41, 5.74) is 7.99. The maximum absolute atomic E-state index is 13.7. The van der Waals surface area contributed by atoms with Crippen LogP contribution >= 0.6 is 0 Å². The number of unbranched alkanes of at least 4 members (excludes halogenated alkanes) is 1. The van der Waals surface area contributed by atoms with E-state index in [4.69, 9.17) is 10.5 Å². The van der Waals surface area contributed by atoms with E-state index in [0.717, 1.165) is 40.9 Å². The Kier molecular flexibility index (Phi) is 5.39. The van der Waals surface area contributed by atoms with Crippen LogP contribution in [0.15, 0.2) is 48.7 Å². The van der Waals surface area contributed by atoms with Crippen molar-refractivity contribution in [3.63, 3.8) is 0 Å². The van der Waals surface area contributed by atoms with Crippen LogP contribution in [0.3, 0.4) is 0 Å². The SMILES string of the molecule is COc1ccc2ncccc2c1-c1[nH]c2c(C(F)(F)F)cccc2c1CCCCN. The predicted molar refractivity (Wildman–Crippen MR) is 113 cm³/mol. The van der Waals surface area contributed by atoms with Gasteiger partial charge < -0.3 is 15.5 Å². The molecule has 2 heterocycles. The number of aryl methyl sites for hydroxylation is 1. The molecule has 4 nitrogen and oxygen atoms in total. The molecule has 0 radical (unpaired) electrons. The number of ether oxygens (including phenoxy) is 1. The lowest BCUT2D eigenvalue weighted by Gasteiger charge is -2.13. The number of H-pyrrole nitrogens is 1. The van der Waals surface area contributed by atoms with Gasteiger partial charge in [-0.25, -0.2) is 0 Å². The van der Waals surface area contributed by atoms with Crippen molar-refractivity contribution in [3.8, 4) is 17.0 Å². The lowest BCUT2D eigenvalue weighted by Crippen LogP contribution is -2.05. The molecule has 156 valence electrons. The summed E-state index contributed by atoms with van der Waals surface area (Å²) in [5, 5.41) is 1.39. The highest BCUT2D eigenvalue weighted by molar-refractivity contribution is 6.02. The minimum Gasteiger partial charge on any atom is -0.496 e. The summed E-state index contributed by atoms with van der Waals surface area (Å²) in [4.78, 5) is 7.48. The fourth-order valence-electron chi connectivity index (χ4n) is 3.99. The quantitative estimate of drug-likeness (QED) is 0.399. The second kappa shape index (κ2) is 7.99. The summed E-state index contributed by atoms with van der Waals surface area (Å²) in [7, 11) is 1.55. The molecule has 0 amide bonds. The lowest BCUT2D eigenvalue weighted by molar-refractivity contribution is -0.136. The van der Waals surface area contributed by atoms with Gasteiger partial charge in [-0.05, 0) is 55.6 Å². The summed E-state index contributed by atoms with van der Waals surface area (Å²) in [6, 6.07) is 11.6. The third kappa shape index (κ3) is 3.50. The molecule has 0 saturated heterocycles. The zero-order valence-electron chi connectivity index (χ0n) is 16.5. The van der Waals surface area contributed by atoms with E-state index in [9.17, 15) is 13.2 Å². The Bertz CT molecular complexity index is 1200. The zero-order valence-corrected chi connectivity index (χ0v) is 16.5. The van der Waals surface area contributed by atoms with Crippen LogP contribution in [0.5, 0.6) is 5.75 Å². The Labute approximate surface area is 171 Å². The highest BCUT2D eigenvalue weighted by Crippen LogP contribution is 2.43. The number of halogens is 3. The van der Waals surface area contributed by atoms with Gasteiger partial charge in [0.15, 0.2) is 0 Å². The molecule has 0 aliphatic heterocycles. The van der Waals surface area contributed by atoms with Gasteiger partial charge in [0.25, 0.3) is 0 Å². The summed E-state index contributed by atoms with van der Waals surface area (Å²) in [6.07, 6.45) is -0.598. The number of aromatic nitrogens is 2. The summed E-state index contributed by atoms with van der Waals surface area (Å²) in [6.45, 7) is 0.535. The number of rotatable bonds is 6. The second-order valence-electron chi connectivity index (χ2n) is 7.16. The standard InChI is InChI=1S/C23H22F3N3O/c1-30-19-11-10-18-16(8-5-13-28-18)20(19)22-15(6-2-3-12-27)14-7-4-9-17(21(14)29-22)23(24,25)26/h4-5,7-11,13,29H,2-3,6,12,27H2,1H3. The molecule has 0 fully saturated rings. The van der Waals surface area contributed by atoms with E-state index in [2.05, 4.69) is 9.97 Å². The Hall–Kier alpha value is -3.06. The van der Waals surface area contributed by atoms with Crippen LogP contribution < -0.4 is 10.5 Å². The molecule has 0 aliphatic carbocycles. The maximum atomic E-state index is 13.7. The van der Waals surface area contributed by atoms with E-state index in [1.807, 2.05) is 18.2 Å². The summed E-state index contributed by atoms with van der Waals surface area (Å²) < 4.78 is 46.7. The van der Waals surface area contributed by atoms with Crippen LogP contribution in [0.1, 0.15) is 24.0 Å². The van der Waals surface area contributed by atoms with Crippen LogP contribution in [-0.4, -0.2) is 23.6 Å². The van der Waals surface area contributed by atoms with Crippen molar-refractivity contribution < 1.29 is 17.9 Å². The molecular weight excluding hydrogens is 391 g/mol. The highest BCUT2D eigenvalue weighted by atomic mass is 19.4. The Morgan fingerprint density at radius 2 is 1.83 bits per heavy atom. The molecule has 4 aromatic rings. The van der Waals surface area contributed by atoms with E-state index < -0.39 is 11.7 Å². The highest BCUT2D eigenvalue weighted by Gasteiger charge is 2.34. The van der Waals surface area contributed by atoms with Crippen molar-refractivity contribution in [2.24, 2.45) is 5.73 Å². The molecule has 2 aromatic heterocycles. The van der Waals surface area contributed by atoms with E-state index in [-0.39, 0.29) is 5.52 Å². The van der Waals surface area contributed by atoms with Crippen molar-refractivity contribution in [1.82, 2.24) is 9.97 Å². The first-order valence-corrected chi connectivity index (χ1v) is 9.78. The first kappa shape index (κ1) is 20.2. The number of hydrogen-bond donors (Lipinski definition) is 2. The number of hydrogen-bond acceptors (Lipinski definition) is 3. The molecular formula is C23H22F3N3O. The fourth-order valence-corrected chi connectivity index (χ4v) is 3.99. The van der Waals surface area contributed by atoms with Crippen LogP contribution in [0, 0.1) is 0 Å². The van der Waals surface area contributed by atoms with Gasteiger partial charge in [-0.15, -0.1) is 0 Å². The third-order valence-electron chi connectivity index (χ3n) is 5.34. The number of pyridine rings is 1. The van der Waals surface area contributed by atoms with Crippen LogP contribution in [-0.2, 0) is 12.6 Å². The smallest absolute Gasteiger partial charge is 0.418 e. The predicted octanol–water partition coefficient (Wildman–Crippen LogP) is 5.69. The number of methoxy groups -OCH3 is 1. The Morgan fingerprint density at radius 1 is 1.03 bits per heavy atom. The molecule has 0 saturated carbocycles. The van der Waals surface area contributed by atoms with E-state index in [1.54, 1.807) is 25.4 Å². The first-order valence-electron chi connectivity index (χ1n) is 9.78. The zero-order chi connectivity index (χ0) is 21.3. The minimum absolute atomic E-state index is 0.0886. The molecule has 0 bridgehead atoms. The molecule has 3 N–H and O–H groups in total. The Morgan fingerprint density at radius 3 is 2.57 bits per heavy atom. The topological polar surface area (TPSA) is 63.9 Å². The second-order valence-corrected chi connectivity index (χ2v) is 7.16. The largest absolute Gasteiger partial charge is 0.496 e. The number of aromatic amines is 1. The molecule has 4 rings (SSSR count). The van der Waals surface area contributed by atoms with Crippen molar-refractivity contribution in [1.29, 1.82) is 0 Å². The monoisotopic (exact) mass is 413 g/mol. The van der Waals surface area contributed by atoms with Gasteiger partial charge in [-0.3, -0.25) is 4.98 Å². The lowest BCUT2D eigenvalue weighted by atomic mass is 9.96. The number of fused-ring (bicyclic) bond motifs is 2. The normalized spacial score (nSPS) is 12.0. The number of alkyl halides is 3. The molecule has 0 unspecified atom stereocenters. The van der Waals surface area contributed by atoms with E-state index in [1.165, 1.54) is 6.07 Å². The van der Waals surface area contributed by atoms with Gasteiger partial charge in [-0.2, -0.15) is 13.2 Å². The number of nitrogens with one attached hydrogen (secondary N) is 1. The minimum atomic E-state index is -4.46. The van der Waals surface area contributed by atoms with Crippen molar-refractivity contribution in [2.75, 3.05) is 13.7 Å². The number of para-hydroxylation sites is 1. The van der Waals surface area contributed by atoms with E-state index in [0.29, 0.717) is 29.8 Å². The van der Waals surface area contributed by atoms with Crippen LogP contribution in [0.4, 0.5) is 13.2 Å². The summed E-state index contributed by atoms with van der Waals surface area (Å²) in [5.74, 6) is 0.579. The average Bonchev–Trinajstić information content (AvgIpc) is 3.10. The van der Waals surface area contributed by atoms with Gasteiger partial charge in [-0.1, -0.05) is 18.2 Å². The van der Waals surface area contributed by atoms with Crippen molar-refractivity contribution >= 4 is 21.8 Å². The van der Waals surface area contributed by atoms with Crippen molar-refractivity contribution in [2.45, 2.75) is 25.4 Å². The van der Waals surface area contributed by atoms with Crippen LogP contribution in [0.25, 0.3) is 33.1 Å². The molecule has 0 spiro atoms. The van der Waals surface area contributed by atoms with Crippen molar-refractivity contribution in [3.05, 3.63) is 59.8 Å².